The molecule has 2 aromatic rings. The number of nitrogens with zero attached hydrogens (tertiary/aromatic N) is 2. The number of rotatable bonds is 3. The van der Waals surface area contributed by atoms with E-state index in [4.69, 9.17) is 5.73 Å². The Morgan fingerprint density at radius 3 is 2.47 bits per heavy atom. The van der Waals surface area contributed by atoms with Crippen LogP contribution in [0.1, 0.15) is 37.2 Å². The van der Waals surface area contributed by atoms with Crippen LogP contribution in [0.5, 0.6) is 0 Å². The van der Waals surface area contributed by atoms with E-state index in [-0.39, 0.29) is 6.04 Å². The normalized spacial score (nSPS) is 13.0. The molecule has 3 nitrogen and oxygen atoms in total. The van der Waals surface area contributed by atoms with Crippen molar-refractivity contribution in [1.29, 1.82) is 0 Å². The van der Waals surface area contributed by atoms with Crippen molar-refractivity contribution in [2.45, 2.75) is 25.9 Å². The second-order valence-electron chi connectivity index (χ2n) is 4.30. The standard InChI is InChI=1S/C13H16BrN3/c1-9(2)17-13(11(14)8-16-17)12(15)10-6-4-3-5-7-10/h3-9,12H,15H2,1-2H3. The second-order valence-corrected chi connectivity index (χ2v) is 5.16. The Morgan fingerprint density at radius 1 is 1.24 bits per heavy atom. The molecule has 4 heteroatoms. The van der Waals surface area contributed by atoms with E-state index in [1.54, 1.807) is 6.20 Å². The van der Waals surface area contributed by atoms with Crippen LogP contribution in [-0.2, 0) is 0 Å². The minimum absolute atomic E-state index is 0.157. The fourth-order valence-electron chi connectivity index (χ4n) is 1.87. The van der Waals surface area contributed by atoms with Crippen LogP contribution in [0.2, 0.25) is 0 Å². The molecule has 0 fully saturated rings. The van der Waals surface area contributed by atoms with Gasteiger partial charge in [-0.3, -0.25) is 4.68 Å². The summed E-state index contributed by atoms with van der Waals surface area (Å²) < 4.78 is 2.92. The van der Waals surface area contributed by atoms with Crippen molar-refractivity contribution >= 4 is 15.9 Å². The van der Waals surface area contributed by atoms with Gasteiger partial charge in [0.1, 0.15) is 0 Å². The molecule has 0 aliphatic rings. The first-order chi connectivity index (χ1) is 8.11. The van der Waals surface area contributed by atoms with Crippen LogP contribution in [0, 0.1) is 0 Å². The van der Waals surface area contributed by atoms with Gasteiger partial charge >= 0.3 is 0 Å². The molecule has 0 bridgehead atoms. The van der Waals surface area contributed by atoms with Crippen molar-refractivity contribution in [1.82, 2.24) is 9.78 Å². The molecule has 0 saturated carbocycles. The van der Waals surface area contributed by atoms with E-state index in [0.29, 0.717) is 6.04 Å². The van der Waals surface area contributed by atoms with Crippen molar-refractivity contribution < 1.29 is 0 Å². The molecule has 0 amide bonds. The Labute approximate surface area is 110 Å². The summed E-state index contributed by atoms with van der Waals surface area (Å²) in [6, 6.07) is 10.2. The molecule has 17 heavy (non-hydrogen) atoms. The summed E-state index contributed by atoms with van der Waals surface area (Å²) in [5.41, 5.74) is 8.42. The number of aromatic nitrogens is 2. The van der Waals surface area contributed by atoms with Crippen LogP contribution in [0.25, 0.3) is 0 Å². The fourth-order valence-corrected chi connectivity index (χ4v) is 2.39. The zero-order valence-corrected chi connectivity index (χ0v) is 11.6. The summed E-state index contributed by atoms with van der Waals surface area (Å²) in [7, 11) is 0. The van der Waals surface area contributed by atoms with Gasteiger partial charge in [0.05, 0.1) is 22.4 Å². The SMILES string of the molecule is CC(C)n1ncc(Br)c1C(N)c1ccccc1. The molecular formula is C13H16BrN3. The van der Waals surface area contributed by atoms with Gasteiger partial charge in [-0.1, -0.05) is 30.3 Å². The van der Waals surface area contributed by atoms with E-state index >= 15 is 0 Å². The highest BCUT2D eigenvalue weighted by molar-refractivity contribution is 9.10. The quantitative estimate of drug-likeness (QED) is 0.944. The molecule has 0 aliphatic heterocycles. The highest BCUT2D eigenvalue weighted by Gasteiger charge is 2.19. The summed E-state index contributed by atoms with van der Waals surface area (Å²) in [5.74, 6) is 0. The lowest BCUT2D eigenvalue weighted by molar-refractivity contribution is 0.498. The molecule has 0 radical (unpaired) electrons. The molecule has 0 saturated heterocycles. The molecule has 0 aliphatic carbocycles. The molecule has 90 valence electrons. The summed E-state index contributed by atoms with van der Waals surface area (Å²) in [5, 5.41) is 4.35. The van der Waals surface area contributed by atoms with Crippen molar-refractivity contribution in [2.24, 2.45) is 5.73 Å². The molecule has 1 heterocycles. The van der Waals surface area contributed by atoms with Gasteiger partial charge in [-0.25, -0.2) is 0 Å². The summed E-state index contributed by atoms with van der Waals surface area (Å²) in [6.45, 7) is 4.20. The highest BCUT2D eigenvalue weighted by atomic mass is 79.9. The van der Waals surface area contributed by atoms with Gasteiger partial charge in [-0.15, -0.1) is 0 Å². The average molecular weight is 294 g/mol. The molecule has 1 aromatic heterocycles. The zero-order chi connectivity index (χ0) is 12.4. The largest absolute Gasteiger partial charge is 0.319 e. The first kappa shape index (κ1) is 12.3. The Balaban J connectivity index is 2.43. The third-order valence-electron chi connectivity index (χ3n) is 2.73. The van der Waals surface area contributed by atoms with Crippen LogP contribution in [-0.4, -0.2) is 9.78 Å². The van der Waals surface area contributed by atoms with Gasteiger partial charge in [0.15, 0.2) is 0 Å². The Bertz CT molecular complexity index is 491. The monoisotopic (exact) mass is 293 g/mol. The number of benzene rings is 1. The van der Waals surface area contributed by atoms with Crippen LogP contribution in [0.15, 0.2) is 41.0 Å². The molecule has 1 aromatic carbocycles. The van der Waals surface area contributed by atoms with Gasteiger partial charge in [0.2, 0.25) is 0 Å². The molecule has 0 spiro atoms. The summed E-state index contributed by atoms with van der Waals surface area (Å²) in [4.78, 5) is 0. The summed E-state index contributed by atoms with van der Waals surface area (Å²) in [6.07, 6.45) is 1.80. The van der Waals surface area contributed by atoms with E-state index in [2.05, 4.69) is 34.9 Å². The maximum atomic E-state index is 6.31. The minimum atomic E-state index is -0.157. The van der Waals surface area contributed by atoms with Gasteiger partial charge in [-0.2, -0.15) is 5.10 Å². The Morgan fingerprint density at radius 2 is 1.88 bits per heavy atom. The average Bonchev–Trinajstić information content (AvgIpc) is 2.71. The predicted octanol–water partition coefficient (Wildman–Crippen LogP) is 3.27. The highest BCUT2D eigenvalue weighted by Crippen LogP contribution is 2.28. The van der Waals surface area contributed by atoms with Gasteiger partial charge in [-0.05, 0) is 35.3 Å². The van der Waals surface area contributed by atoms with Crippen molar-refractivity contribution in [3.8, 4) is 0 Å². The number of nitrogens with two attached hydrogens (primary N) is 1. The Kier molecular flexibility index (Phi) is 3.64. The van der Waals surface area contributed by atoms with Crippen molar-refractivity contribution in [2.75, 3.05) is 0 Å². The number of hydrogen-bond acceptors (Lipinski definition) is 2. The van der Waals surface area contributed by atoms with Crippen LogP contribution < -0.4 is 5.73 Å². The molecule has 1 unspecified atom stereocenters. The number of hydrogen-bond donors (Lipinski definition) is 1. The van der Waals surface area contributed by atoms with E-state index in [0.717, 1.165) is 15.7 Å². The maximum absolute atomic E-state index is 6.31. The molecule has 1 atom stereocenters. The van der Waals surface area contributed by atoms with E-state index < -0.39 is 0 Å². The topological polar surface area (TPSA) is 43.8 Å². The lowest BCUT2D eigenvalue weighted by atomic mass is 10.0. The van der Waals surface area contributed by atoms with Gasteiger partial charge in [0, 0.05) is 6.04 Å². The molecule has 2 rings (SSSR count). The zero-order valence-electron chi connectivity index (χ0n) is 9.97. The second kappa shape index (κ2) is 5.02. The third-order valence-corrected chi connectivity index (χ3v) is 3.34. The van der Waals surface area contributed by atoms with Gasteiger partial charge < -0.3 is 5.73 Å². The van der Waals surface area contributed by atoms with Crippen molar-refractivity contribution in [3.63, 3.8) is 0 Å². The smallest absolute Gasteiger partial charge is 0.0741 e. The van der Waals surface area contributed by atoms with Crippen LogP contribution in [0.4, 0.5) is 0 Å². The van der Waals surface area contributed by atoms with Crippen molar-refractivity contribution in [3.05, 3.63) is 52.3 Å². The minimum Gasteiger partial charge on any atom is -0.319 e. The van der Waals surface area contributed by atoms with Gasteiger partial charge in [0.25, 0.3) is 0 Å². The number of halogens is 1. The molecule has 2 N–H and O–H groups in total. The first-order valence-electron chi connectivity index (χ1n) is 5.64. The first-order valence-corrected chi connectivity index (χ1v) is 6.44. The van der Waals surface area contributed by atoms with Crippen LogP contribution >= 0.6 is 15.9 Å². The Hall–Kier alpha value is -1.13. The molecular weight excluding hydrogens is 278 g/mol. The van der Waals surface area contributed by atoms with E-state index in [1.165, 1.54) is 0 Å². The van der Waals surface area contributed by atoms with E-state index in [1.807, 2.05) is 35.0 Å². The fraction of sp³-hybridized carbons (Fsp3) is 0.308. The maximum Gasteiger partial charge on any atom is 0.0741 e. The van der Waals surface area contributed by atoms with Crippen LogP contribution in [0.3, 0.4) is 0 Å². The lowest BCUT2D eigenvalue weighted by Crippen LogP contribution is -2.19. The van der Waals surface area contributed by atoms with E-state index in [9.17, 15) is 0 Å². The lowest BCUT2D eigenvalue weighted by Gasteiger charge is -2.17. The predicted molar refractivity (Wildman–Crippen MR) is 72.8 cm³/mol. The third kappa shape index (κ3) is 2.42. The summed E-state index contributed by atoms with van der Waals surface area (Å²) >= 11 is 3.52.